The van der Waals surface area contributed by atoms with E-state index in [-0.39, 0.29) is 48.2 Å². The van der Waals surface area contributed by atoms with Gasteiger partial charge in [-0.2, -0.15) is 12.6 Å². The van der Waals surface area contributed by atoms with Crippen LogP contribution in [0.5, 0.6) is 0 Å². The molecule has 0 heterocycles. The molecule has 3 atom stereocenters. The number of carbonyl (C=O) groups is 4. The van der Waals surface area contributed by atoms with Crippen molar-refractivity contribution in [1.82, 2.24) is 10.6 Å². The van der Waals surface area contributed by atoms with Crippen LogP contribution in [0.4, 0.5) is 0 Å². The second kappa shape index (κ2) is 16.7. The Hall–Kier alpha value is -0.740. The molecule has 0 aliphatic heterocycles. The number of hydrogen-bond donors (Lipinski definition) is 7. The van der Waals surface area contributed by atoms with Gasteiger partial charge in [-0.25, -0.2) is 4.21 Å². The van der Waals surface area contributed by atoms with Crippen molar-refractivity contribution in [3.8, 4) is 0 Å². The van der Waals surface area contributed by atoms with Gasteiger partial charge >= 0.3 is 41.5 Å². The van der Waals surface area contributed by atoms with Gasteiger partial charge in [0.15, 0.2) is 0 Å². The Labute approximate surface area is 173 Å². The van der Waals surface area contributed by atoms with Gasteiger partial charge in [-0.3, -0.25) is 19.2 Å². The maximum atomic E-state index is 11.5. The summed E-state index contributed by atoms with van der Waals surface area (Å²) in [5, 5.41) is 21.4. The van der Waals surface area contributed by atoms with Crippen LogP contribution in [-0.2, 0) is 30.5 Å². The molecule has 0 radical (unpaired) electrons. The van der Waals surface area contributed by atoms with Crippen LogP contribution < -0.4 is 45.9 Å². The fourth-order valence-electron chi connectivity index (χ4n) is 1.16. The van der Waals surface area contributed by atoms with E-state index in [1.54, 1.807) is 0 Å². The quantitative estimate of drug-likeness (QED) is 0.108. The summed E-state index contributed by atoms with van der Waals surface area (Å²) in [4.78, 5) is 43.7. The Morgan fingerprint density at radius 1 is 1.24 bits per heavy atom. The Morgan fingerprint density at radius 3 is 2.08 bits per heavy atom. The minimum Gasteiger partial charge on any atom is -0.750 e. The summed E-state index contributed by atoms with van der Waals surface area (Å²) in [6.45, 7) is -0.567. The van der Waals surface area contributed by atoms with Gasteiger partial charge in [-0.15, -0.1) is 0 Å². The van der Waals surface area contributed by atoms with Gasteiger partial charge in [0.25, 0.3) is 0 Å². The number of amides is 2. The van der Waals surface area contributed by atoms with Crippen molar-refractivity contribution in [2.75, 3.05) is 12.3 Å². The Bertz CT molecular complexity index is 477. The van der Waals surface area contributed by atoms with Gasteiger partial charge in [0.1, 0.15) is 18.6 Å². The first-order valence-electron chi connectivity index (χ1n) is 6.17. The summed E-state index contributed by atoms with van der Waals surface area (Å²) in [6.07, 6.45) is -0.235. The zero-order valence-corrected chi connectivity index (χ0v) is 16.9. The van der Waals surface area contributed by atoms with E-state index in [1.165, 1.54) is 0 Å². The number of hydrogen-bond acceptors (Lipinski definition) is 8. The van der Waals surface area contributed by atoms with E-state index in [1.807, 2.05) is 0 Å². The monoisotopic (exact) mass is 411 g/mol. The molecule has 0 saturated heterocycles. The first kappa shape index (κ1) is 29.0. The molecule has 0 spiro atoms. The van der Waals surface area contributed by atoms with Gasteiger partial charge < -0.3 is 35.7 Å². The van der Waals surface area contributed by atoms with Crippen LogP contribution >= 0.6 is 12.6 Å². The average molecular weight is 411 g/mol. The van der Waals surface area contributed by atoms with E-state index in [4.69, 9.17) is 29.3 Å². The van der Waals surface area contributed by atoms with Crippen LogP contribution in [0.1, 0.15) is 12.8 Å². The molecule has 0 rings (SSSR count). The molecule has 0 aromatic heterocycles. The van der Waals surface area contributed by atoms with Crippen molar-refractivity contribution in [2.24, 2.45) is 5.73 Å². The Balaban J connectivity index is -0.000000867. The van der Waals surface area contributed by atoms with Gasteiger partial charge in [0.05, 0.1) is 11.4 Å². The van der Waals surface area contributed by atoms with Gasteiger partial charge in [0, 0.05) is 12.2 Å². The van der Waals surface area contributed by atoms with Crippen molar-refractivity contribution >= 4 is 47.7 Å². The second-order valence-corrected chi connectivity index (χ2v) is 4.91. The van der Waals surface area contributed by atoms with E-state index in [9.17, 15) is 19.2 Å². The van der Waals surface area contributed by atoms with Crippen LogP contribution in [0.15, 0.2) is 0 Å². The largest absolute Gasteiger partial charge is 1.00 e. The number of carboxylic acid groups (broad SMARTS) is 2. The number of thiol groups is 1. The Morgan fingerprint density at radius 2 is 1.72 bits per heavy atom. The van der Waals surface area contributed by atoms with E-state index < -0.39 is 53.7 Å². The average Bonchev–Trinajstić information content (AvgIpc) is 2.46. The van der Waals surface area contributed by atoms with E-state index in [0.717, 1.165) is 0 Å². The van der Waals surface area contributed by atoms with E-state index >= 15 is 0 Å². The fourth-order valence-corrected chi connectivity index (χ4v) is 1.41. The summed E-state index contributed by atoms with van der Waals surface area (Å²) in [5.41, 5.74) is 5.23. The fraction of sp³-hybridized carbons (Fsp3) is 0.600. The molecule has 0 aromatic carbocycles. The zero-order valence-electron chi connectivity index (χ0n) is 13.2. The summed E-state index contributed by atoms with van der Waals surface area (Å²) >= 11 is 1.01. The van der Waals surface area contributed by atoms with Crippen molar-refractivity contribution < 1.29 is 72.3 Å². The molecular formula is C10H18N3NaO9S2. The SMILES string of the molecule is N[C@@H](CCC(=O)N[C@@H](CS)C(=O)NCC(=O)O)C(=O)O.O=S([O-])O.[Na+]. The molecule has 0 fully saturated rings. The third-order valence-corrected chi connectivity index (χ3v) is 2.61. The number of carboxylic acids is 2. The minimum absolute atomic E-state index is 0. The normalized spacial score (nSPS) is 13.0. The molecule has 7 N–H and O–H groups in total. The predicted octanol–water partition coefficient (Wildman–Crippen LogP) is -5.86. The number of rotatable bonds is 9. The topological polar surface area (TPSA) is 219 Å². The van der Waals surface area contributed by atoms with Gasteiger partial charge in [0.2, 0.25) is 11.8 Å². The van der Waals surface area contributed by atoms with Crippen molar-refractivity contribution in [3.63, 3.8) is 0 Å². The number of nitrogens with one attached hydrogen (secondary N) is 2. The van der Waals surface area contributed by atoms with Crippen molar-refractivity contribution in [2.45, 2.75) is 24.9 Å². The molecule has 0 aliphatic carbocycles. The van der Waals surface area contributed by atoms with Crippen LogP contribution in [0.3, 0.4) is 0 Å². The zero-order chi connectivity index (χ0) is 19.3. The summed E-state index contributed by atoms with van der Waals surface area (Å²) < 4.78 is 24.1. The maximum absolute atomic E-state index is 11.5. The maximum Gasteiger partial charge on any atom is 1.00 e. The second-order valence-electron chi connectivity index (χ2n) is 4.11. The van der Waals surface area contributed by atoms with Crippen molar-refractivity contribution in [3.05, 3.63) is 0 Å². The van der Waals surface area contributed by atoms with Gasteiger partial charge in [-0.05, 0) is 6.42 Å². The number of carbonyl (C=O) groups excluding carboxylic acids is 2. The molecule has 140 valence electrons. The molecule has 12 nitrogen and oxygen atoms in total. The van der Waals surface area contributed by atoms with E-state index in [0.29, 0.717) is 0 Å². The first-order valence-corrected chi connectivity index (χ1v) is 7.84. The molecule has 0 aromatic rings. The molecule has 0 aliphatic rings. The molecule has 0 saturated carbocycles. The number of aliphatic carboxylic acids is 2. The van der Waals surface area contributed by atoms with Crippen LogP contribution in [-0.4, -0.2) is 71.7 Å². The number of nitrogens with two attached hydrogens (primary N) is 1. The third kappa shape index (κ3) is 19.4. The minimum atomic E-state index is -2.86. The molecular weight excluding hydrogens is 393 g/mol. The van der Waals surface area contributed by atoms with Crippen LogP contribution in [0, 0.1) is 0 Å². The van der Waals surface area contributed by atoms with Crippen LogP contribution in [0.25, 0.3) is 0 Å². The molecule has 1 unspecified atom stereocenters. The Kier molecular flexibility index (Phi) is 19.4. The smallest absolute Gasteiger partial charge is 0.750 e. The third-order valence-electron chi connectivity index (χ3n) is 2.25. The molecule has 2 amide bonds. The molecule has 15 heteroatoms. The van der Waals surface area contributed by atoms with Crippen LogP contribution in [0.2, 0.25) is 0 Å². The summed E-state index contributed by atoms with van der Waals surface area (Å²) in [5.74, 6) is -3.70. The van der Waals surface area contributed by atoms with Gasteiger partial charge in [-0.1, -0.05) is 0 Å². The molecule has 0 bridgehead atoms. The summed E-state index contributed by atoms with van der Waals surface area (Å²) in [7, 11) is 0. The first-order chi connectivity index (χ1) is 11.0. The van der Waals surface area contributed by atoms with E-state index in [2.05, 4.69) is 23.3 Å². The molecule has 25 heavy (non-hydrogen) atoms. The summed E-state index contributed by atoms with van der Waals surface area (Å²) in [6, 6.07) is -2.15. The predicted molar refractivity (Wildman–Crippen MR) is 82.8 cm³/mol. The van der Waals surface area contributed by atoms with Crippen molar-refractivity contribution in [1.29, 1.82) is 0 Å². The standard InChI is InChI=1S/C10H17N3O6S.Na.H2O3S/c11-5(10(18)19)1-2-7(14)13-6(4-20)9(17)12-3-8(15)16;;1-4(2)3/h5-6,20H,1-4,11H2,(H,12,17)(H,13,14)(H,15,16)(H,18,19);;(H2,1,2,3)/q;+1;/p-1/t5-,6-;;/m0../s1.